The molecule has 3 rings (SSSR count). The van der Waals surface area contributed by atoms with Crippen LogP contribution in [-0.4, -0.2) is 28.5 Å². The molecule has 0 aliphatic rings. The van der Waals surface area contributed by atoms with Crippen LogP contribution in [0.3, 0.4) is 0 Å². The molecule has 0 fully saturated rings. The molecule has 0 unspecified atom stereocenters. The zero-order valence-electron chi connectivity index (χ0n) is 15.9. The smallest absolute Gasteiger partial charge is 0.244 e. The second-order valence-corrected chi connectivity index (χ2v) is 9.08. The Bertz CT molecular complexity index is 1290. The van der Waals surface area contributed by atoms with E-state index < -0.39 is 38.6 Å². The van der Waals surface area contributed by atoms with Gasteiger partial charge in [0.25, 0.3) is 0 Å². The van der Waals surface area contributed by atoms with E-state index in [-0.39, 0.29) is 33.7 Å². The Labute approximate surface area is 169 Å². The highest BCUT2D eigenvalue weighted by Crippen LogP contribution is 2.30. The number of hydrogen-bond donors (Lipinski definition) is 2. The van der Waals surface area contributed by atoms with Crippen LogP contribution >= 0.6 is 0 Å². The van der Waals surface area contributed by atoms with E-state index in [4.69, 9.17) is 11.5 Å². The standard InChI is InChI=1S/C19H17F3N4O3S/c1-9(2)30(28,29)26-16-7-10(3-4-15(16)25-19(26)24)12(8-17(23)27)11-5-13(20)18(22)14(21)6-11/h3-9H,1-2H3,(H2,23,27)(H2,24,25). The van der Waals surface area contributed by atoms with E-state index in [1.54, 1.807) is 0 Å². The van der Waals surface area contributed by atoms with E-state index in [1.807, 2.05) is 0 Å². The molecule has 158 valence electrons. The number of anilines is 1. The van der Waals surface area contributed by atoms with Crippen LogP contribution in [0, 0.1) is 17.5 Å². The van der Waals surface area contributed by atoms with E-state index in [0.29, 0.717) is 12.1 Å². The average Bonchev–Trinajstić information content (AvgIpc) is 2.98. The molecule has 0 saturated carbocycles. The van der Waals surface area contributed by atoms with E-state index in [9.17, 15) is 26.4 Å². The summed E-state index contributed by atoms with van der Waals surface area (Å²) >= 11 is 0. The van der Waals surface area contributed by atoms with Gasteiger partial charge in [-0.05, 0) is 54.8 Å². The molecule has 0 aliphatic heterocycles. The number of benzene rings is 2. The van der Waals surface area contributed by atoms with Crippen LogP contribution in [0.5, 0.6) is 0 Å². The fourth-order valence-electron chi connectivity index (χ4n) is 2.91. The molecule has 2 aromatic carbocycles. The summed E-state index contributed by atoms with van der Waals surface area (Å²) < 4.78 is 67.1. The maximum absolute atomic E-state index is 13.8. The Morgan fingerprint density at radius 1 is 1.10 bits per heavy atom. The first-order valence-corrected chi connectivity index (χ1v) is 10.1. The molecule has 30 heavy (non-hydrogen) atoms. The molecule has 0 bridgehead atoms. The minimum Gasteiger partial charge on any atom is -0.368 e. The lowest BCUT2D eigenvalue weighted by Gasteiger charge is -2.13. The van der Waals surface area contributed by atoms with Gasteiger partial charge in [-0.2, -0.15) is 0 Å². The number of nitrogens with zero attached hydrogens (tertiary/aromatic N) is 2. The summed E-state index contributed by atoms with van der Waals surface area (Å²) in [5.41, 5.74) is 11.3. The highest BCUT2D eigenvalue weighted by Gasteiger charge is 2.25. The lowest BCUT2D eigenvalue weighted by atomic mass is 9.96. The summed E-state index contributed by atoms with van der Waals surface area (Å²) in [7, 11) is -3.89. The minimum atomic E-state index is -3.89. The van der Waals surface area contributed by atoms with Crippen LogP contribution in [0.1, 0.15) is 25.0 Å². The Kier molecular flexibility index (Phi) is 5.33. The van der Waals surface area contributed by atoms with Gasteiger partial charge in [0.05, 0.1) is 16.3 Å². The molecule has 0 saturated heterocycles. The fraction of sp³-hybridized carbons (Fsp3) is 0.158. The number of carbonyl (C=O) groups is 1. The minimum absolute atomic E-state index is 0.0459. The van der Waals surface area contributed by atoms with E-state index in [0.717, 1.165) is 10.0 Å². The molecule has 0 aliphatic carbocycles. The average molecular weight is 438 g/mol. The number of rotatable bonds is 5. The monoisotopic (exact) mass is 438 g/mol. The quantitative estimate of drug-likeness (QED) is 0.468. The van der Waals surface area contributed by atoms with Crippen molar-refractivity contribution in [2.45, 2.75) is 19.1 Å². The van der Waals surface area contributed by atoms with Crippen molar-refractivity contribution in [1.82, 2.24) is 8.96 Å². The first kappa shape index (κ1) is 21.4. The van der Waals surface area contributed by atoms with Gasteiger partial charge in [-0.3, -0.25) is 4.79 Å². The second-order valence-electron chi connectivity index (χ2n) is 6.75. The summed E-state index contributed by atoms with van der Waals surface area (Å²) in [4.78, 5) is 15.5. The maximum Gasteiger partial charge on any atom is 0.244 e. The molecule has 11 heteroatoms. The van der Waals surface area contributed by atoms with Crippen molar-refractivity contribution in [3.63, 3.8) is 0 Å². The number of carbonyl (C=O) groups excluding carboxylic acids is 1. The van der Waals surface area contributed by atoms with Crippen LogP contribution in [0.15, 0.2) is 36.4 Å². The van der Waals surface area contributed by atoms with Crippen LogP contribution in [0.25, 0.3) is 16.6 Å². The highest BCUT2D eigenvalue weighted by molar-refractivity contribution is 7.90. The number of amides is 1. The number of hydrogen-bond acceptors (Lipinski definition) is 5. The molecule has 0 radical (unpaired) electrons. The Morgan fingerprint density at radius 3 is 2.23 bits per heavy atom. The van der Waals surface area contributed by atoms with E-state index in [2.05, 4.69) is 4.98 Å². The van der Waals surface area contributed by atoms with Crippen molar-refractivity contribution >= 4 is 38.5 Å². The van der Waals surface area contributed by atoms with Gasteiger partial charge in [0.15, 0.2) is 17.5 Å². The third-order valence-corrected chi connectivity index (χ3v) is 6.46. The first-order chi connectivity index (χ1) is 13.9. The predicted octanol–water partition coefficient (Wildman–Crippen LogP) is 2.54. The molecule has 3 aromatic rings. The largest absolute Gasteiger partial charge is 0.368 e. The van der Waals surface area contributed by atoms with Gasteiger partial charge in [-0.1, -0.05) is 6.07 Å². The lowest BCUT2D eigenvalue weighted by molar-refractivity contribution is -0.113. The molecule has 0 spiro atoms. The van der Waals surface area contributed by atoms with E-state index in [1.165, 1.54) is 32.0 Å². The third kappa shape index (κ3) is 3.63. The van der Waals surface area contributed by atoms with Crippen molar-refractivity contribution in [2.75, 3.05) is 5.73 Å². The number of nitrogens with two attached hydrogens (primary N) is 2. The molecule has 0 atom stereocenters. The van der Waals surface area contributed by atoms with Gasteiger partial charge >= 0.3 is 0 Å². The fourth-order valence-corrected chi connectivity index (χ4v) is 4.05. The normalized spacial score (nSPS) is 12.7. The Morgan fingerprint density at radius 2 is 1.70 bits per heavy atom. The van der Waals surface area contributed by atoms with Gasteiger partial charge in [-0.25, -0.2) is 30.5 Å². The molecule has 1 heterocycles. The summed E-state index contributed by atoms with van der Waals surface area (Å²) in [6, 6.07) is 5.61. The summed E-state index contributed by atoms with van der Waals surface area (Å²) in [6.45, 7) is 2.93. The molecule has 1 amide bonds. The zero-order valence-corrected chi connectivity index (χ0v) is 16.7. The van der Waals surface area contributed by atoms with Crippen LogP contribution < -0.4 is 11.5 Å². The van der Waals surface area contributed by atoms with Gasteiger partial charge in [-0.15, -0.1) is 0 Å². The molecular weight excluding hydrogens is 421 g/mol. The topological polar surface area (TPSA) is 121 Å². The van der Waals surface area contributed by atoms with Crippen molar-refractivity contribution < 1.29 is 26.4 Å². The van der Waals surface area contributed by atoms with Crippen molar-refractivity contribution in [2.24, 2.45) is 5.73 Å². The second kappa shape index (κ2) is 7.48. The van der Waals surface area contributed by atoms with Gasteiger partial charge in [0.2, 0.25) is 21.9 Å². The van der Waals surface area contributed by atoms with Crippen molar-refractivity contribution in [3.05, 3.63) is 65.0 Å². The van der Waals surface area contributed by atoms with Gasteiger partial charge in [0.1, 0.15) is 0 Å². The summed E-state index contributed by atoms with van der Waals surface area (Å²) in [5, 5.41) is -0.818. The van der Waals surface area contributed by atoms with Crippen LogP contribution in [0.4, 0.5) is 19.1 Å². The summed E-state index contributed by atoms with van der Waals surface area (Å²) in [5.74, 6) is -5.79. The molecular formula is C19H17F3N4O3S. The maximum atomic E-state index is 13.8. The van der Waals surface area contributed by atoms with E-state index >= 15 is 0 Å². The number of halogens is 3. The zero-order chi connectivity index (χ0) is 22.4. The predicted molar refractivity (Wildman–Crippen MR) is 106 cm³/mol. The van der Waals surface area contributed by atoms with Crippen molar-refractivity contribution in [3.8, 4) is 0 Å². The van der Waals surface area contributed by atoms with Gasteiger partial charge in [0, 0.05) is 6.08 Å². The lowest BCUT2D eigenvalue weighted by Crippen LogP contribution is -2.23. The highest BCUT2D eigenvalue weighted by atomic mass is 32.2. The van der Waals surface area contributed by atoms with Gasteiger partial charge < -0.3 is 11.5 Å². The van der Waals surface area contributed by atoms with Crippen LogP contribution in [-0.2, 0) is 14.8 Å². The Balaban J connectivity index is 2.31. The molecule has 4 N–H and O–H groups in total. The summed E-state index contributed by atoms with van der Waals surface area (Å²) in [6.07, 6.45) is 0.897. The number of aromatic nitrogens is 2. The Hall–Kier alpha value is -3.34. The first-order valence-electron chi connectivity index (χ1n) is 8.62. The number of nitrogen functional groups attached to an aromatic ring is 1. The number of primary amides is 1. The SMILES string of the molecule is CC(C)S(=O)(=O)n1c(N)nc2ccc(C(=CC(N)=O)c3cc(F)c(F)c(F)c3)cc21. The third-order valence-electron chi connectivity index (χ3n) is 4.38. The molecule has 1 aromatic heterocycles. The number of fused-ring (bicyclic) bond motifs is 1. The number of imidazole rings is 1. The molecule has 7 nitrogen and oxygen atoms in total. The van der Waals surface area contributed by atoms with Crippen LogP contribution in [0.2, 0.25) is 0 Å². The van der Waals surface area contributed by atoms with Crippen molar-refractivity contribution in [1.29, 1.82) is 0 Å².